The summed E-state index contributed by atoms with van der Waals surface area (Å²) in [4.78, 5) is 14.3. The summed E-state index contributed by atoms with van der Waals surface area (Å²) in [6.07, 6.45) is 2.48. The topological polar surface area (TPSA) is 32.3 Å². The molecular weight excluding hydrogens is 236 g/mol. The predicted octanol–water partition coefficient (Wildman–Crippen LogP) is 2.08. The van der Waals surface area contributed by atoms with Gasteiger partial charge in [0.1, 0.15) is 0 Å². The molecule has 1 aromatic rings. The third-order valence-corrected chi connectivity index (χ3v) is 3.94. The Kier molecular flexibility index (Phi) is 4.97. The predicted molar refractivity (Wildman–Crippen MR) is 78.0 cm³/mol. The smallest absolute Gasteiger partial charge is 0.220 e. The van der Waals surface area contributed by atoms with Crippen LogP contribution in [0.4, 0.5) is 0 Å². The molecule has 1 saturated heterocycles. The minimum absolute atomic E-state index is 0.185. The highest BCUT2D eigenvalue weighted by Gasteiger charge is 2.25. The normalized spacial score (nSPS) is 24.1. The number of piperidine rings is 1. The van der Waals surface area contributed by atoms with Gasteiger partial charge in [-0.25, -0.2) is 0 Å². The van der Waals surface area contributed by atoms with Crippen molar-refractivity contribution in [3.05, 3.63) is 35.9 Å². The van der Waals surface area contributed by atoms with Gasteiger partial charge in [0.2, 0.25) is 5.91 Å². The van der Waals surface area contributed by atoms with Crippen molar-refractivity contribution in [1.29, 1.82) is 0 Å². The Bertz CT molecular complexity index is 404. The zero-order valence-corrected chi connectivity index (χ0v) is 11.9. The maximum absolute atomic E-state index is 12.0. The second kappa shape index (κ2) is 6.71. The molecule has 0 aromatic heterocycles. The molecule has 19 heavy (non-hydrogen) atoms. The van der Waals surface area contributed by atoms with Crippen molar-refractivity contribution in [2.45, 2.75) is 32.2 Å². The first-order valence-electron chi connectivity index (χ1n) is 7.17. The standard InChI is InChI=1S/C16H24N2O/c1-13-12-18(2)11-10-15(13)17-16(19)9-8-14-6-4-3-5-7-14/h3-7,13,15H,8-12H2,1-2H3,(H,17,19)/t13-,15+/m1/s1. The highest BCUT2D eigenvalue weighted by molar-refractivity contribution is 5.76. The van der Waals surface area contributed by atoms with Crippen molar-refractivity contribution in [2.24, 2.45) is 5.92 Å². The summed E-state index contributed by atoms with van der Waals surface area (Å²) in [6.45, 7) is 4.37. The summed E-state index contributed by atoms with van der Waals surface area (Å²) in [7, 11) is 2.14. The molecule has 1 N–H and O–H groups in total. The molecule has 3 heteroatoms. The second-order valence-corrected chi connectivity index (χ2v) is 5.69. The lowest BCUT2D eigenvalue weighted by Crippen LogP contribution is -2.48. The van der Waals surface area contributed by atoms with Crippen LogP contribution in [0.1, 0.15) is 25.3 Å². The summed E-state index contributed by atoms with van der Waals surface area (Å²) in [6, 6.07) is 10.5. The summed E-state index contributed by atoms with van der Waals surface area (Å²) in [5, 5.41) is 3.19. The first-order chi connectivity index (χ1) is 9.15. The van der Waals surface area contributed by atoms with E-state index >= 15 is 0 Å². The van der Waals surface area contributed by atoms with E-state index in [9.17, 15) is 4.79 Å². The molecule has 1 aromatic carbocycles. The van der Waals surface area contributed by atoms with E-state index < -0.39 is 0 Å². The van der Waals surface area contributed by atoms with Crippen molar-refractivity contribution < 1.29 is 4.79 Å². The number of nitrogens with one attached hydrogen (secondary N) is 1. The quantitative estimate of drug-likeness (QED) is 0.899. The monoisotopic (exact) mass is 260 g/mol. The van der Waals surface area contributed by atoms with Crippen LogP contribution in [-0.4, -0.2) is 37.0 Å². The molecule has 1 fully saturated rings. The van der Waals surface area contributed by atoms with Gasteiger partial charge in [-0.2, -0.15) is 0 Å². The number of hydrogen-bond acceptors (Lipinski definition) is 2. The van der Waals surface area contributed by atoms with Gasteiger partial charge in [-0.1, -0.05) is 37.3 Å². The molecule has 104 valence electrons. The number of rotatable bonds is 4. The molecular formula is C16H24N2O. The molecule has 0 bridgehead atoms. The van der Waals surface area contributed by atoms with E-state index in [1.165, 1.54) is 5.56 Å². The van der Waals surface area contributed by atoms with Gasteiger partial charge < -0.3 is 10.2 Å². The van der Waals surface area contributed by atoms with E-state index in [1.54, 1.807) is 0 Å². The van der Waals surface area contributed by atoms with Crippen molar-refractivity contribution in [2.75, 3.05) is 20.1 Å². The van der Waals surface area contributed by atoms with Gasteiger partial charge in [0.25, 0.3) is 0 Å². The molecule has 0 saturated carbocycles. The highest BCUT2D eigenvalue weighted by Crippen LogP contribution is 2.15. The number of hydrogen-bond donors (Lipinski definition) is 1. The van der Waals surface area contributed by atoms with Gasteiger partial charge in [-0.15, -0.1) is 0 Å². The molecule has 3 nitrogen and oxygen atoms in total. The number of nitrogens with zero attached hydrogens (tertiary/aromatic N) is 1. The van der Waals surface area contributed by atoms with Gasteiger partial charge in [0.15, 0.2) is 0 Å². The fraction of sp³-hybridized carbons (Fsp3) is 0.562. The molecule has 0 aliphatic carbocycles. The molecule has 0 radical (unpaired) electrons. The van der Waals surface area contributed by atoms with E-state index in [0.717, 1.165) is 25.9 Å². The Morgan fingerprint density at radius 2 is 2.11 bits per heavy atom. The molecule has 1 aliphatic rings. The fourth-order valence-corrected chi connectivity index (χ4v) is 2.75. The zero-order chi connectivity index (χ0) is 13.7. The Morgan fingerprint density at radius 3 is 2.79 bits per heavy atom. The lowest BCUT2D eigenvalue weighted by molar-refractivity contribution is -0.122. The number of amides is 1. The summed E-state index contributed by atoms with van der Waals surface area (Å²) in [5.41, 5.74) is 1.23. The van der Waals surface area contributed by atoms with Gasteiger partial charge >= 0.3 is 0 Å². The first-order valence-corrected chi connectivity index (χ1v) is 7.17. The summed E-state index contributed by atoms with van der Waals surface area (Å²) in [5.74, 6) is 0.727. The Labute approximate surface area is 116 Å². The van der Waals surface area contributed by atoms with Crippen LogP contribution >= 0.6 is 0 Å². The largest absolute Gasteiger partial charge is 0.353 e. The van der Waals surface area contributed by atoms with Gasteiger partial charge in [0.05, 0.1) is 0 Å². The molecule has 1 aliphatic heterocycles. The van der Waals surface area contributed by atoms with Crippen molar-refractivity contribution in [3.63, 3.8) is 0 Å². The minimum Gasteiger partial charge on any atom is -0.353 e. The molecule has 1 heterocycles. The SMILES string of the molecule is C[C@@H]1CN(C)CC[C@@H]1NC(=O)CCc1ccccc1. The maximum atomic E-state index is 12.0. The third-order valence-electron chi connectivity index (χ3n) is 3.94. The maximum Gasteiger partial charge on any atom is 0.220 e. The fourth-order valence-electron chi connectivity index (χ4n) is 2.75. The van der Waals surface area contributed by atoms with Crippen LogP contribution in [0.25, 0.3) is 0 Å². The number of likely N-dealkylation sites (tertiary alicyclic amines) is 1. The van der Waals surface area contributed by atoms with E-state index in [-0.39, 0.29) is 5.91 Å². The lowest BCUT2D eigenvalue weighted by atomic mass is 9.94. The summed E-state index contributed by atoms with van der Waals surface area (Å²) < 4.78 is 0. The molecule has 1 amide bonds. The van der Waals surface area contributed by atoms with Gasteiger partial charge in [-0.05, 0) is 37.9 Å². The number of aryl methyl sites for hydroxylation is 1. The van der Waals surface area contributed by atoms with E-state index in [4.69, 9.17) is 0 Å². The van der Waals surface area contributed by atoms with E-state index in [1.807, 2.05) is 18.2 Å². The third kappa shape index (κ3) is 4.35. The zero-order valence-electron chi connectivity index (χ0n) is 11.9. The Morgan fingerprint density at radius 1 is 1.37 bits per heavy atom. The van der Waals surface area contributed by atoms with Crippen LogP contribution in [0.15, 0.2) is 30.3 Å². The average Bonchev–Trinajstić information content (AvgIpc) is 2.41. The molecule has 0 unspecified atom stereocenters. The number of carbonyl (C=O) groups excluding carboxylic acids is 1. The number of carbonyl (C=O) groups is 1. The van der Waals surface area contributed by atoms with Crippen molar-refractivity contribution >= 4 is 5.91 Å². The number of benzene rings is 1. The van der Waals surface area contributed by atoms with Crippen LogP contribution in [0.2, 0.25) is 0 Å². The Hall–Kier alpha value is -1.35. The highest BCUT2D eigenvalue weighted by atomic mass is 16.1. The molecule has 0 spiro atoms. The van der Waals surface area contributed by atoms with Crippen molar-refractivity contribution in [3.8, 4) is 0 Å². The van der Waals surface area contributed by atoms with Crippen LogP contribution < -0.4 is 5.32 Å². The average molecular weight is 260 g/mol. The van der Waals surface area contributed by atoms with Crippen LogP contribution in [0.5, 0.6) is 0 Å². The van der Waals surface area contributed by atoms with Crippen LogP contribution in [0, 0.1) is 5.92 Å². The van der Waals surface area contributed by atoms with E-state index in [0.29, 0.717) is 18.4 Å². The van der Waals surface area contributed by atoms with Gasteiger partial charge in [0, 0.05) is 19.0 Å². The second-order valence-electron chi connectivity index (χ2n) is 5.69. The van der Waals surface area contributed by atoms with Crippen molar-refractivity contribution in [1.82, 2.24) is 10.2 Å². The van der Waals surface area contributed by atoms with E-state index in [2.05, 4.69) is 36.3 Å². The summed E-state index contributed by atoms with van der Waals surface area (Å²) >= 11 is 0. The Balaban J connectivity index is 1.75. The molecule has 2 atom stereocenters. The molecule has 2 rings (SSSR count). The van der Waals surface area contributed by atoms with Gasteiger partial charge in [-0.3, -0.25) is 4.79 Å². The lowest BCUT2D eigenvalue weighted by Gasteiger charge is -2.35. The van der Waals surface area contributed by atoms with Crippen LogP contribution in [-0.2, 0) is 11.2 Å². The van der Waals surface area contributed by atoms with Crippen LogP contribution in [0.3, 0.4) is 0 Å². The minimum atomic E-state index is 0.185. The first kappa shape index (κ1) is 14.1.